The van der Waals surface area contributed by atoms with Crippen LogP contribution in [0.3, 0.4) is 0 Å². The van der Waals surface area contributed by atoms with Gasteiger partial charge in [-0.1, -0.05) is 12.1 Å². The van der Waals surface area contributed by atoms with E-state index < -0.39 is 0 Å². The van der Waals surface area contributed by atoms with Gasteiger partial charge >= 0.3 is 0 Å². The second-order valence-electron chi connectivity index (χ2n) is 5.20. The molecule has 4 nitrogen and oxygen atoms in total. The van der Waals surface area contributed by atoms with Crippen LogP contribution in [-0.4, -0.2) is 29.8 Å². The van der Waals surface area contributed by atoms with Crippen LogP contribution in [0, 0.1) is 6.92 Å². The van der Waals surface area contributed by atoms with Gasteiger partial charge in [0.05, 0.1) is 5.92 Å². The van der Waals surface area contributed by atoms with Crippen molar-refractivity contribution in [1.29, 1.82) is 0 Å². The number of hydrogen-bond donors (Lipinski definition) is 1. The number of benzene rings is 1. The fraction of sp³-hybridized carbons (Fsp3) is 0.467. The number of carbonyl (C=O) groups excluding carboxylic acids is 2. The van der Waals surface area contributed by atoms with E-state index in [1.54, 1.807) is 6.92 Å². The van der Waals surface area contributed by atoms with E-state index in [0.29, 0.717) is 0 Å². The summed E-state index contributed by atoms with van der Waals surface area (Å²) < 4.78 is 0. The average Bonchev–Trinajstić information content (AvgIpc) is 2.90. The van der Waals surface area contributed by atoms with Crippen LogP contribution in [0.5, 0.6) is 0 Å². The van der Waals surface area contributed by atoms with Crippen molar-refractivity contribution in [1.82, 2.24) is 4.90 Å². The predicted molar refractivity (Wildman–Crippen MR) is 73.9 cm³/mol. The van der Waals surface area contributed by atoms with Crippen LogP contribution >= 0.6 is 0 Å². The van der Waals surface area contributed by atoms with Gasteiger partial charge in [0.15, 0.2) is 0 Å². The quantitative estimate of drug-likeness (QED) is 0.901. The SMILES string of the molecule is Cc1cc(C(C)C(N)=O)ccc1C(=O)N1CCCC1. The smallest absolute Gasteiger partial charge is 0.254 e. The molecule has 1 aliphatic rings. The molecule has 0 saturated carbocycles. The summed E-state index contributed by atoms with van der Waals surface area (Å²) in [6, 6.07) is 5.52. The highest BCUT2D eigenvalue weighted by Crippen LogP contribution is 2.21. The Balaban J connectivity index is 2.24. The number of hydrogen-bond acceptors (Lipinski definition) is 2. The highest BCUT2D eigenvalue weighted by Gasteiger charge is 2.21. The van der Waals surface area contributed by atoms with Crippen molar-refractivity contribution in [3.05, 3.63) is 34.9 Å². The van der Waals surface area contributed by atoms with Crippen LogP contribution < -0.4 is 5.73 Å². The second-order valence-corrected chi connectivity index (χ2v) is 5.20. The number of aryl methyl sites for hydroxylation is 1. The number of amides is 2. The Kier molecular flexibility index (Phi) is 3.88. The average molecular weight is 260 g/mol. The molecule has 1 unspecified atom stereocenters. The van der Waals surface area contributed by atoms with Gasteiger partial charge in [0.1, 0.15) is 0 Å². The van der Waals surface area contributed by atoms with Crippen molar-refractivity contribution in [2.45, 2.75) is 32.6 Å². The van der Waals surface area contributed by atoms with Crippen LogP contribution in [0.1, 0.15) is 47.2 Å². The molecule has 1 atom stereocenters. The van der Waals surface area contributed by atoms with E-state index in [0.717, 1.165) is 42.6 Å². The molecule has 1 saturated heterocycles. The van der Waals surface area contributed by atoms with E-state index in [1.165, 1.54) is 0 Å². The molecule has 102 valence electrons. The maximum Gasteiger partial charge on any atom is 0.254 e. The molecular weight excluding hydrogens is 240 g/mol. The van der Waals surface area contributed by atoms with Crippen LogP contribution in [0.4, 0.5) is 0 Å². The van der Waals surface area contributed by atoms with Crippen molar-refractivity contribution in [3.8, 4) is 0 Å². The van der Waals surface area contributed by atoms with Gasteiger partial charge in [0, 0.05) is 18.7 Å². The molecule has 0 aromatic heterocycles. The first-order valence-corrected chi connectivity index (χ1v) is 6.70. The van der Waals surface area contributed by atoms with Crippen molar-refractivity contribution in [2.24, 2.45) is 5.73 Å². The summed E-state index contributed by atoms with van der Waals surface area (Å²) in [7, 11) is 0. The third kappa shape index (κ3) is 2.78. The van der Waals surface area contributed by atoms with E-state index in [4.69, 9.17) is 5.73 Å². The summed E-state index contributed by atoms with van der Waals surface area (Å²) in [5.74, 6) is -0.582. The first-order chi connectivity index (χ1) is 9.00. The molecule has 19 heavy (non-hydrogen) atoms. The van der Waals surface area contributed by atoms with Gasteiger partial charge in [0.25, 0.3) is 5.91 Å². The molecule has 1 fully saturated rings. The highest BCUT2D eigenvalue weighted by molar-refractivity contribution is 5.96. The maximum atomic E-state index is 12.3. The van der Waals surface area contributed by atoms with E-state index in [1.807, 2.05) is 30.0 Å². The van der Waals surface area contributed by atoms with Gasteiger partial charge in [-0.15, -0.1) is 0 Å². The van der Waals surface area contributed by atoms with Gasteiger partial charge in [0.2, 0.25) is 5.91 Å². The molecule has 2 rings (SSSR count). The molecule has 0 spiro atoms. The van der Waals surface area contributed by atoms with E-state index >= 15 is 0 Å². The van der Waals surface area contributed by atoms with E-state index in [-0.39, 0.29) is 17.7 Å². The third-order valence-corrected chi connectivity index (χ3v) is 3.80. The van der Waals surface area contributed by atoms with Crippen LogP contribution in [0.15, 0.2) is 18.2 Å². The first kappa shape index (κ1) is 13.6. The van der Waals surface area contributed by atoms with E-state index in [9.17, 15) is 9.59 Å². The number of nitrogens with zero attached hydrogens (tertiary/aromatic N) is 1. The van der Waals surface area contributed by atoms with Crippen molar-refractivity contribution < 1.29 is 9.59 Å². The Hall–Kier alpha value is -1.84. The molecule has 4 heteroatoms. The summed E-state index contributed by atoms with van der Waals surface area (Å²) >= 11 is 0. The Morgan fingerprint density at radius 2 is 1.89 bits per heavy atom. The monoisotopic (exact) mass is 260 g/mol. The summed E-state index contributed by atoms with van der Waals surface area (Å²) in [5, 5.41) is 0. The highest BCUT2D eigenvalue weighted by atomic mass is 16.2. The molecular formula is C15H20N2O2. The Bertz CT molecular complexity index is 505. The number of rotatable bonds is 3. The standard InChI is InChI=1S/C15H20N2O2/c1-10-9-12(11(2)14(16)18)5-6-13(10)15(19)17-7-3-4-8-17/h5-6,9,11H,3-4,7-8H2,1-2H3,(H2,16,18). The lowest BCUT2D eigenvalue weighted by Crippen LogP contribution is -2.28. The minimum absolute atomic E-state index is 0.0910. The number of carbonyl (C=O) groups is 2. The van der Waals surface area contributed by atoms with Crippen LogP contribution in [0.25, 0.3) is 0 Å². The lowest BCUT2D eigenvalue weighted by molar-refractivity contribution is -0.119. The van der Waals surface area contributed by atoms with Crippen LogP contribution in [-0.2, 0) is 4.79 Å². The minimum Gasteiger partial charge on any atom is -0.369 e. The molecule has 1 aliphatic heterocycles. The molecule has 0 bridgehead atoms. The van der Waals surface area contributed by atoms with Gasteiger partial charge in [-0.25, -0.2) is 0 Å². The third-order valence-electron chi connectivity index (χ3n) is 3.80. The molecule has 2 amide bonds. The Morgan fingerprint density at radius 3 is 2.42 bits per heavy atom. The zero-order chi connectivity index (χ0) is 14.0. The molecule has 0 aliphatic carbocycles. The Morgan fingerprint density at radius 1 is 1.26 bits per heavy atom. The lowest BCUT2D eigenvalue weighted by atomic mass is 9.96. The molecule has 1 aromatic carbocycles. The molecule has 0 radical (unpaired) electrons. The summed E-state index contributed by atoms with van der Waals surface area (Å²) in [4.78, 5) is 25.4. The zero-order valence-corrected chi connectivity index (χ0v) is 11.5. The normalized spacial score (nSPS) is 16.4. The van der Waals surface area contributed by atoms with Crippen molar-refractivity contribution >= 4 is 11.8 Å². The first-order valence-electron chi connectivity index (χ1n) is 6.70. The predicted octanol–water partition coefficient (Wildman–Crippen LogP) is 1.82. The fourth-order valence-corrected chi connectivity index (χ4v) is 2.45. The van der Waals surface area contributed by atoms with Gasteiger partial charge in [-0.3, -0.25) is 9.59 Å². The van der Waals surface area contributed by atoms with Gasteiger partial charge in [-0.2, -0.15) is 0 Å². The second kappa shape index (κ2) is 5.43. The van der Waals surface area contributed by atoms with Gasteiger partial charge in [-0.05, 0) is 43.9 Å². The topological polar surface area (TPSA) is 63.4 Å². The Labute approximate surface area is 113 Å². The largest absolute Gasteiger partial charge is 0.369 e. The number of primary amides is 1. The van der Waals surface area contributed by atoms with Crippen molar-refractivity contribution in [3.63, 3.8) is 0 Å². The van der Waals surface area contributed by atoms with Crippen molar-refractivity contribution in [2.75, 3.05) is 13.1 Å². The van der Waals surface area contributed by atoms with Crippen LogP contribution in [0.2, 0.25) is 0 Å². The molecule has 1 heterocycles. The van der Waals surface area contributed by atoms with E-state index in [2.05, 4.69) is 0 Å². The van der Waals surface area contributed by atoms with Gasteiger partial charge < -0.3 is 10.6 Å². The fourth-order valence-electron chi connectivity index (χ4n) is 2.45. The summed E-state index contributed by atoms with van der Waals surface area (Å²) in [6.07, 6.45) is 2.17. The molecule has 1 aromatic rings. The summed E-state index contributed by atoms with van der Waals surface area (Å²) in [5.41, 5.74) is 7.79. The maximum absolute atomic E-state index is 12.3. The minimum atomic E-state index is -0.349. The number of likely N-dealkylation sites (tertiary alicyclic amines) is 1. The lowest BCUT2D eigenvalue weighted by Gasteiger charge is -2.18. The number of nitrogens with two attached hydrogens (primary N) is 1. The molecule has 2 N–H and O–H groups in total. The zero-order valence-electron chi connectivity index (χ0n) is 11.5. The summed E-state index contributed by atoms with van der Waals surface area (Å²) in [6.45, 7) is 5.37.